The molecule has 8 heterocycles. The summed E-state index contributed by atoms with van der Waals surface area (Å²) >= 11 is 0. The molecule has 2 aliphatic heterocycles. The van der Waals surface area contributed by atoms with Crippen molar-refractivity contribution < 1.29 is 41.3 Å². The largest absolute Gasteiger partial charge is 0.477 e. The summed E-state index contributed by atoms with van der Waals surface area (Å²) in [6.45, 7) is 18.3. The van der Waals surface area contributed by atoms with Gasteiger partial charge in [0, 0.05) is 59.5 Å². The van der Waals surface area contributed by atoms with Crippen molar-refractivity contribution >= 4 is 42.1 Å². The van der Waals surface area contributed by atoms with Crippen LogP contribution >= 0.6 is 0 Å². The highest BCUT2D eigenvalue weighted by Gasteiger charge is 2.32. The third-order valence-corrected chi connectivity index (χ3v) is 16.6. The first-order valence-corrected chi connectivity index (χ1v) is 27.9. The number of aryl methyl sites for hydroxylation is 2. The van der Waals surface area contributed by atoms with Gasteiger partial charge in [0.25, 0.3) is 11.1 Å². The van der Waals surface area contributed by atoms with Gasteiger partial charge in [-0.2, -0.15) is 18.8 Å². The minimum atomic E-state index is -3.85. The Hall–Kier alpha value is -5.78. The van der Waals surface area contributed by atoms with Crippen LogP contribution in [0.5, 0.6) is 11.8 Å². The van der Waals surface area contributed by atoms with Crippen molar-refractivity contribution in [2.45, 2.75) is 89.8 Å². The zero-order valence-corrected chi connectivity index (χ0v) is 44.7. The number of hydrogen-bond acceptors (Lipinski definition) is 19. The summed E-state index contributed by atoms with van der Waals surface area (Å²) in [5.41, 5.74) is 2.07. The van der Waals surface area contributed by atoms with Gasteiger partial charge in [-0.1, -0.05) is 34.1 Å². The second-order valence-electron chi connectivity index (χ2n) is 17.7. The van der Waals surface area contributed by atoms with Gasteiger partial charge >= 0.3 is 0 Å². The smallest absolute Gasteiger partial charge is 0.279 e. The number of nitrogens with zero attached hydrogens (tertiary/aromatic N) is 12. The second kappa shape index (κ2) is 24.7. The number of ether oxygens (including phenoxy) is 3. The van der Waals surface area contributed by atoms with Crippen LogP contribution in [0.4, 0.5) is 0 Å². The van der Waals surface area contributed by atoms with E-state index in [1.54, 1.807) is 30.3 Å². The number of likely N-dealkylation sites (N-methyl/N-ethyl adjacent to an activating group) is 2. The van der Waals surface area contributed by atoms with E-state index in [2.05, 4.69) is 56.8 Å². The number of H-pyrrole nitrogens is 2. The predicted octanol–water partition coefficient (Wildman–Crippen LogP) is 1.33. The van der Waals surface area contributed by atoms with Crippen molar-refractivity contribution in [3.8, 4) is 34.5 Å². The Kier molecular flexibility index (Phi) is 18.7. The maximum atomic E-state index is 13.5. The number of rotatable bonds is 21. The molecule has 2 fully saturated rings. The van der Waals surface area contributed by atoms with Crippen LogP contribution in [-0.2, 0) is 50.7 Å². The average molecular weight is 1070 g/mol. The van der Waals surface area contributed by atoms with Crippen molar-refractivity contribution in [1.82, 2.24) is 67.9 Å². The highest BCUT2D eigenvalue weighted by atomic mass is 32.2. The van der Waals surface area contributed by atoms with Crippen LogP contribution in [0.25, 0.3) is 44.8 Å². The van der Waals surface area contributed by atoms with Gasteiger partial charge < -0.3 is 44.2 Å². The van der Waals surface area contributed by atoms with Crippen LogP contribution in [0.15, 0.2) is 43.9 Å². The number of nitrogens with one attached hydrogen (secondary N) is 2. The van der Waals surface area contributed by atoms with E-state index in [0.29, 0.717) is 88.5 Å². The molecule has 6 aromatic heterocycles. The number of fused-ring (bicyclic) bond motifs is 2. The van der Waals surface area contributed by atoms with Crippen LogP contribution in [0.1, 0.15) is 59.4 Å². The number of aromatic nitrogens is 10. The average Bonchev–Trinajstić information content (AvgIpc) is 3.94. The molecule has 0 aromatic carbocycles. The van der Waals surface area contributed by atoms with E-state index in [1.165, 1.54) is 33.1 Å². The molecule has 2 saturated heterocycles. The van der Waals surface area contributed by atoms with Crippen LogP contribution < -0.4 is 20.6 Å². The van der Waals surface area contributed by atoms with Crippen LogP contribution in [0.2, 0.25) is 0 Å². The fraction of sp³-hybridized carbons (Fsp3) is 0.574. The van der Waals surface area contributed by atoms with Crippen molar-refractivity contribution in [1.29, 1.82) is 0 Å². The number of aromatic amines is 2. The first-order valence-electron chi connectivity index (χ1n) is 25.0. The zero-order valence-electron chi connectivity index (χ0n) is 43.1. The first-order chi connectivity index (χ1) is 35.6. The molecular formula is C47H68N14O11S2. The second-order valence-corrected chi connectivity index (χ2v) is 21.5. The van der Waals surface area contributed by atoms with Gasteiger partial charge in [-0.25, -0.2) is 36.8 Å². The standard InChI is InChI=1S/C24H35N7O6S.C23H33N7O5S/c1-5-19-20-21(28-31(19)11-12-32)23(33)27-22(26-20)18-13-17(14-25-24(18)37-16(3)15-36-4)38(34,35)30-9-7-29(6-2)8-10-30;1-4-7-18-19-20(27-30(18)12-13-31)22(32)26-21(25-19)17-14-16(15-24-23(17)35-6-3)36(33,34)29-10-8-28(5-2)9-11-29/h13-14,16,32H,5-12,15H2,1-4H3,(H,26,27,33);14-15,31H,4-13H2,1-3H3,(H,25,26,32). The number of piperazine rings is 2. The fourth-order valence-electron chi connectivity index (χ4n) is 8.94. The Balaban J connectivity index is 0.000000217. The van der Waals surface area contributed by atoms with E-state index in [0.717, 1.165) is 25.2 Å². The van der Waals surface area contributed by atoms with Crippen molar-refractivity contribution in [2.75, 3.05) is 99.0 Å². The van der Waals surface area contributed by atoms with Gasteiger partial charge in [0.1, 0.15) is 38.6 Å². The SMILES string of the molecule is CCCc1c2nc(-c3cc(S(=O)(=O)N4CCN(CC)CC4)cnc3OCC)[nH]c(=O)c2nn1CCO.CCc1c2nc(-c3cc(S(=O)(=O)N4CCN(CC)CC4)cnc3OC(C)COC)[nH]c(=O)c2nn1CCO. The highest BCUT2D eigenvalue weighted by molar-refractivity contribution is 7.89. The van der Waals surface area contributed by atoms with Gasteiger partial charge in [0.15, 0.2) is 11.0 Å². The lowest BCUT2D eigenvalue weighted by atomic mass is 10.2. The van der Waals surface area contributed by atoms with E-state index in [1.807, 2.05) is 20.8 Å². The minimum absolute atomic E-state index is 0.0124. The number of hydrogen-bond donors (Lipinski definition) is 4. The van der Waals surface area contributed by atoms with Crippen LogP contribution in [-0.4, -0.2) is 200 Å². The summed E-state index contributed by atoms with van der Waals surface area (Å²) in [7, 11) is -6.11. The number of aliphatic hydroxyl groups is 2. The van der Waals surface area contributed by atoms with Gasteiger partial charge in [-0.15, -0.1) is 0 Å². The zero-order chi connectivity index (χ0) is 53.3. The molecule has 404 valence electrons. The third-order valence-electron chi connectivity index (χ3n) is 12.8. The third kappa shape index (κ3) is 12.0. The molecule has 8 rings (SSSR count). The Morgan fingerprint density at radius 3 is 1.55 bits per heavy atom. The Labute approximate surface area is 429 Å². The molecule has 6 aromatic rings. The van der Waals surface area contributed by atoms with Crippen LogP contribution in [0, 0.1) is 0 Å². The van der Waals surface area contributed by atoms with E-state index < -0.39 is 37.3 Å². The summed E-state index contributed by atoms with van der Waals surface area (Å²) in [6, 6.07) is 2.90. The molecule has 0 bridgehead atoms. The molecule has 0 aliphatic carbocycles. The molecule has 2 aliphatic rings. The van der Waals surface area contributed by atoms with E-state index in [9.17, 15) is 36.6 Å². The predicted molar refractivity (Wildman–Crippen MR) is 275 cm³/mol. The van der Waals surface area contributed by atoms with Gasteiger partial charge in [0.2, 0.25) is 31.8 Å². The molecule has 27 heteroatoms. The Morgan fingerprint density at radius 2 is 1.12 bits per heavy atom. The van der Waals surface area contributed by atoms with Crippen molar-refractivity contribution in [3.05, 3.63) is 56.6 Å². The molecule has 0 saturated carbocycles. The van der Waals surface area contributed by atoms with Gasteiger partial charge in [0.05, 0.1) is 74.4 Å². The molecular weight excluding hydrogens is 1000 g/mol. The number of methoxy groups -OCH3 is 1. The molecule has 0 radical (unpaired) electrons. The molecule has 1 unspecified atom stereocenters. The normalized spacial score (nSPS) is 15.9. The lowest BCUT2D eigenvalue weighted by Gasteiger charge is -2.33. The molecule has 74 heavy (non-hydrogen) atoms. The Bertz CT molecular complexity index is 3240. The monoisotopic (exact) mass is 1070 g/mol. The number of aliphatic hydroxyl groups excluding tert-OH is 2. The lowest BCUT2D eigenvalue weighted by molar-refractivity contribution is 0.0893. The van der Waals surface area contributed by atoms with Crippen molar-refractivity contribution in [2.24, 2.45) is 0 Å². The minimum Gasteiger partial charge on any atom is -0.477 e. The number of sulfonamides is 2. The van der Waals surface area contributed by atoms with Crippen molar-refractivity contribution in [3.63, 3.8) is 0 Å². The highest BCUT2D eigenvalue weighted by Crippen LogP contribution is 2.33. The summed E-state index contributed by atoms with van der Waals surface area (Å²) in [6.07, 6.45) is 4.09. The summed E-state index contributed by atoms with van der Waals surface area (Å²) in [5.74, 6) is 0.556. The summed E-state index contributed by atoms with van der Waals surface area (Å²) in [5, 5.41) is 27.5. The van der Waals surface area contributed by atoms with Gasteiger partial charge in [-0.05, 0) is 51.9 Å². The molecule has 0 spiro atoms. The molecule has 25 nitrogen and oxygen atoms in total. The maximum absolute atomic E-state index is 13.5. The van der Waals surface area contributed by atoms with Gasteiger partial charge in [-0.3, -0.25) is 19.0 Å². The quantitative estimate of drug-likeness (QED) is 0.0790. The lowest BCUT2D eigenvalue weighted by Crippen LogP contribution is -2.48. The number of pyridine rings is 2. The van der Waals surface area contributed by atoms with E-state index in [4.69, 9.17) is 14.2 Å². The van der Waals surface area contributed by atoms with Crippen LogP contribution in [0.3, 0.4) is 0 Å². The first kappa shape index (κ1) is 56.0. The topological polar surface area (TPSA) is 302 Å². The van der Waals surface area contributed by atoms with E-state index in [-0.39, 0.29) is 88.3 Å². The Morgan fingerprint density at radius 1 is 0.662 bits per heavy atom. The maximum Gasteiger partial charge on any atom is 0.279 e. The molecule has 0 amide bonds. The molecule has 4 N–H and O–H groups in total. The molecule has 1 atom stereocenters. The summed E-state index contributed by atoms with van der Waals surface area (Å²) in [4.78, 5) is 53.8. The fourth-order valence-corrected chi connectivity index (χ4v) is 11.7. The van der Waals surface area contributed by atoms with E-state index >= 15 is 0 Å². The summed E-state index contributed by atoms with van der Waals surface area (Å²) < 4.78 is 76.8.